The Morgan fingerprint density at radius 1 is 1.24 bits per heavy atom. The third-order valence-corrected chi connectivity index (χ3v) is 3.54. The molecule has 1 aromatic heterocycles. The first-order chi connectivity index (χ1) is 8.24. The van der Waals surface area contributed by atoms with Gasteiger partial charge < -0.3 is 11.1 Å². The van der Waals surface area contributed by atoms with Gasteiger partial charge in [-0.2, -0.15) is 10.5 Å². The quantitative estimate of drug-likeness (QED) is 0.757. The van der Waals surface area contributed by atoms with E-state index >= 15 is 0 Å². The van der Waals surface area contributed by atoms with Gasteiger partial charge in [-0.25, -0.2) is 0 Å². The standard InChI is InChI=1S/C12H16N4S/c1-2-3-4-5-6-16-12-9(7-13)11(15)10(8-14)17-12/h16H,2-6,15H2,1H3. The van der Waals surface area contributed by atoms with Gasteiger partial charge in [0, 0.05) is 6.54 Å². The van der Waals surface area contributed by atoms with Crippen LogP contribution in [0, 0.1) is 22.7 Å². The van der Waals surface area contributed by atoms with Crippen LogP contribution in [-0.4, -0.2) is 6.54 Å². The molecule has 0 aromatic carbocycles. The molecule has 1 aromatic rings. The van der Waals surface area contributed by atoms with Gasteiger partial charge in [-0.05, 0) is 6.42 Å². The van der Waals surface area contributed by atoms with Crippen molar-refractivity contribution >= 4 is 22.0 Å². The van der Waals surface area contributed by atoms with Gasteiger partial charge in [0.2, 0.25) is 0 Å². The highest BCUT2D eigenvalue weighted by atomic mass is 32.1. The van der Waals surface area contributed by atoms with E-state index in [-0.39, 0.29) is 0 Å². The van der Waals surface area contributed by atoms with Gasteiger partial charge in [0.1, 0.15) is 27.6 Å². The molecule has 0 spiro atoms. The monoisotopic (exact) mass is 248 g/mol. The van der Waals surface area contributed by atoms with Crippen LogP contribution in [0.3, 0.4) is 0 Å². The van der Waals surface area contributed by atoms with Crippen LogP contribution < -0.4 is 11.1 Å². The molecular weight excluding hydrogens is 232 g/mol. The van der Waals surface area contributed by atoms with E-state index in [1.54, 1.807) is 0 Å². The van der Waals surface area contributed by atoms with Crippen LogP contribution in [-0.2, 0) is 0 Å². The predicted molar refractivity (Wildman–Crippen MR) is 70.8 cm³/mol. The lowest BCUT2D eigenvalue weighted by molar-refractivity contribution is 0.685. The Balaban J connectivity index is 2.60. The molecule has 0 radical (unpaired) electrons. The van der Waals surface area contributed by atoms with Gasteiger partial charge in [-0.3, -0.25) is 0 Å². The Labute approximate surface area is 106 Å². The molecule has 0 saturated carbocycles. The topological polar surface area (TPSA) is 85.6 Å². The third kappa shape index (κ3) is 3.37. The SMILES string of the molecule is CCCCCCNc1sc(C#N)c(N)c1C#N. The van der Waals surface area contributed by atoms with E-state index in [0.717, 1.165) is 18.0 Å². The van der Waals surface area contributed by atoms with E-state index in [0.29, 0.717) is 16.1 Å². The summed E-state index contributed by atoms with van der Waals surface area (Å²) in [5.41, 5.74) is 6.41. The third-order valence-electron chi connectivity index (χ3n) is 2.47. The summed E-state index contributed by atoms with van der Waals surface area (Å²) in [6, 6.07) is 4.05. The second kappa shape index (κ2) is 6.78. The van der Waals surface area contributed by atoms with Gasteiger partial charge in [0.15, 0.2) is 0 Å². The summed E-state index contributed by atoms with van der Waals surface area (Å²) in [6.45, 7) is 2.99. The summed E-state index contributed by atoms with van der Waals surface area (Å²) in [5, 5.41) is 21.7. The second-order valence-electron chi connectivity index (χ2n) is 3.76. The first kappa shape index (κ1) is 13.3. The molecule has 0 unspecified atom stereocenters. The number of nitrogen functional groups attached to an aromatic ring is 1. The molecule has 0 bridgehead atoms. The number of hydrogen-bond donors (Lipinski definition) is 2. The number of hydrogen-bond acceptors (Lipinski definition) is 5. The minimum Gasteiger partial charge on any atom is -0.396 e. The van der Waals surface area contributed by atoms with Crippen LogP contribution in [0.25, 0.3) is 0 Å². The molecule has 0 aliphatic rings. The number of nitrogens with zero attached hydrogens (tertiary/aromatic N) is 2. The first-order valence-electron chi connectivity index (χ1n) is 5.70. The number of thiophene rings is 1. The lowest BCUT2D eigenvalue weighted by Crippen LogP contribution is -2.01. The minimum atomic E-state index is 0.302. The number of rotatable bonds is 6. The van der Waals surface area contributed by atoms with Crippen molar-refractivity contribution in [2.75, 3.05) is 17.6 Å². The van der Waals surface area contributed by atoms with Gasteiger partial charge in [0.05, 0.1) is 5.69 Å². The van der Waals surface area contributed by atoms with Crippen LogP contribution in [0.2, 0.25) is 0 Å². The molecule has 0 aliphatic heterocycles. The van der Waals surface area contributed by atoms with Gasteiger partial charge in [-0.1, -0.05) is 26.2 Å². The maximum Gasteiger partial charge on any atom is 0.131 e. The van der Waals surface area contributed by atoms with E-state index in [2.05, 4.69) is 12.2 Å². The summed E-state index contributed by atoms with van der Waals surface area (Å²) in [4.78, 5) is 0.414. The van der Waals surface area contributed by atoms with E-state index in [4.69, 9.17) is 16.3 Å². The molecule has 1 rings (SSSR count). The highest BCUT2D eigenvalue weighted by Crippen LogP contribution is 2.34. The van der Waals surface area contributed by atoms with E-state index in [1.165, 1.54) is 30.6 Å². The predicted octanol–water partition coefficient (Wildman–Crippen LogP) is 3.07. The van der Waals surface area contributed by atoms with Crippen molar-refractivity contribution < 1.29 is 0 Å². The average molecular weight is 248 g/mol. The molecule has 0 aliphatic carbocycles. The van der Waals surface area contributed by atoms with Crippen LogP contribution in [0.4, 0.5) is 10.7 Å². The summed E-state index contributed by atoms with van der Waals surface area (Å²) in [7, 11) is 0. The largest absolute Gasteiger partial charge is 0.396 e. The molecule has 0 fully saturated rings. The molecule has 0 saturated heterocycles. The molecule has 90 valence electrons. The van der Waals surface area contributed by atoms with Crippen molar-refractivity contribution in [1.29, 1.82) is 10.5 Å². The fourth-order valence-electron chi connectivity index (χ4n) is 1.52. The number of anilines is 2. The van der Waals surface area contributed by atoms with Gasteiger partial charge in [0.25, 0.3) is 0 Å². The molecule has 3 N–H and O–H groups in total. The number of nitriles is 2. The summed E-state index contributed by atoms with van der Waals surface area (Å²) in [6.07, 6.45) is 4.67. The zero-order valence-corrected chi connectivity index (χ0v) is 10.7. The van der Waals surface area contributed by atoms with Gasteiger partial charge >= 0.3 is 0 Å². The second-order valence-corrected chi connectivity index (χ2v) is 4.78. The fourth-order valence-corrected chi connectivity index (χ4v) is 2.41. The Morgan fingerprint density at radius 2 is 2.00 bits per heavy atom. The summed E-state index contributed by atoms with van der Waals surface area (Å²) in [5.74, 6) is 0. The van der Waals surface area contributed by atoms with E-state index in [1.807, 2.05) is 12.1 Å². The lowest BCUT2D eigenvalue weighted by Gasteiger charge is -2.03. The van der Waals surface area contributed by atoms with Crippen molar-refractivity contribution in [3.05, 3.63) is 10.4 Å². The van der Waals surface area contributed by atoms with E-state index < -0.39 is 0 Å². The maximum atomic E-state index is 8.98. The number of nitrogens with two attached hydrogens (primary N) is 1. The van der Waals surface area contributed by atoms with Gasteiger partial charge in [-0.15, -0.1) is 11.3 Å². The first-order valence-corrected chi connectivity index (χ1v) is 6.52. The molecule has 0 atom stereocenters. The smallest absolute Gasteiger partial charge is 0.131 e. The van der Waals surface area contributed by atoms with Crippen molar-refractivity contribution in [2.45, 2.75) is 32.6 Å². The van der Waals surface area contributed by atoms with Crippen molar-refractivity contribution in [3.8, 4) is 12.1 Å². The minimum absolute atomic E-state index is 0.302. The summed E-state index contributed by atoms with van der Waals surface area (Å²) >= 11 is 1.25. The van der Waals surface area contributed by atoms with Crippen LogP contribution in [0.5, 0.6) is 0 Å². The molecule has 17 heavy (non-hydrogen) atoms. The summed E-state index contributed by atoms with van der Waals surface area (Å²) < 4.78 is 0. The van der Waals surface area contributed by atoms with Crippen LogP contribution >= 0.6 is 11.3 Å². The Morgan fingerprint density at radius 3 is 2.59 bits per heavy atom. The molecule has 0 amide bonds. The van der Waals surface area contributed by atoms with Crippen molar-refractivity contribution in [3.63, 3.8) is 0 Å². The zero-order valence-electron chi connectivity index (χ0n) is 9.92. The molecule has 4 nitrogen and oxygen atoms in total. The Hall–Kier alpha value is -1.72. The molecular formula is C12H16N4S. The van der Waals surface area contributed by atoms with Crippen LogP contribution in [0.1, 0.15) is 43.0 Å². The van der Waals surface area contributed by atoms with Crippen molar-refractivity contribution in [1.82, 2.24) is 0 Å². The van der Waals surface area contributed by atoms with Crippen molar-refractivity contribution in [2.24, 2.45) is 0 Å². The van der Waals surface area contributed by atoms with E-state index in [9.17, 15) is 0 Å². The Bertz CT molecular complexity index is 450. The fraction of sp³-hybridized carbons (Fsp3) is 0.500. The average Bonchev–Trinajstić information content (AvgIpc) is 2.65. The zero-order chi connectivity index (χ0) is 12.7. The number of nitrogens with one attached hydrogen (secondary N) is 1. The maximum absolute atomic E-state index is 8.98. The van der Waals surface area contributed by atoms with Crippen LogP contribution in [0.15, 0.2) is 0 Å². The Kier molecular flexibility index (Phi) is 5.32. The molecule has 5 heteroatoms. The number of unbranched alkanes of at least 4 members (excludes halogenated alkanes) is 3. The lowest BCUT2D eigenvalue weighted by atomic mass is 10.2. The molecule has 1 heterocycles. The normalized spacial score (nSPS) is 9.59. The highest BCUT2D eigenvalue weighted by Gasteiger charge is 2.14. The highest BCUT2D eigenvalue weighted by molar-refractivity contribution is 7.17.